The van der Waals surface area contributed by atoms with E-state index in [-0.39, 0.29) is 5.91 Å². The van der Waals surface area contributed by atoms with Crippen LogP contribution in [0.1, 0.15) is 15.9 Å². The fourth-order valence-electron chi connectivity index (χ4n) is 1.42. The van der Waals surface area contributed by atoms with Crippen molar-refractivity contribution >= 4 is 23.9 Å². The zero-order chi connectivity index (χ0) is 13.5. The van der Waals surface area contributed by atoms with E-state index in [1.807, 2.05) is 30.5 Å². The fraction of sp³-hybridized carbons (Fsp3) is 0.0714. The van der Waals surface area contributed by atoms with Gasteiger partial charge in [-0.3, -0.25) is 9.78 Å². The van der Waals surface area contributed by atoms with Gasteiger partial charge in [-0.15, -0.1) is 11.8 Å². The lowest BCUT2D eigenvalue weighted by Gasteiger charge is -1.99. The van der Waals surface area contributed by atoms with E-state index in [9.17, 15) is 4.79 Å². The van der Waals surface area contributed by atoms with Crippen LogP contribution in [0.3, 0.4) is 0 Å². The first kappa shape index (κ1) is 13.3. The molecule has 19 heavy (non-hydrogen) atoms. The highest BCUT2D eigenvalue weighted by Crippen LogP contribution is 2.13. The number of rotatable bonds is 4. The maximum Gasteiger partial charge on any atom is 0.271 e. The Hall–Kier alpha value is -2.14. The van der Waals surface area contributed by atoms with E-state index in [4.69, 9.17) is 0 Å². The minimum atomic E-state index is -0.251. The summed E-state index contributed by atoms with van der Waals surface area (Å²) in [4.78, 5) is 16.7. The van der Waals surface area contributed by atoms with Crippen molar-refractivity contribution in [2.75, 3.05) is 6.26 Å². The molecule has 0 aliphatic heterocycles. The minimum absolute atomic E-state index is 0.251. The average Bonchev–Trinajstić information content (AvgIpc) is 2.49. The average molecular weight is 271 g/mol. The second-order valence-corrected chi connectivity index (χ2v) is 4.59. The van der Waals surface area contributed by atoms with Crippen LogP contribution < -0.4 is 5.43 Å². The molecule has 1 aromatic carbocycles. The molecule has 0 radical (unpaired) electrons. The number of hydrogen-bond acceptors (Lipinski definition) is 4. The molecule has 96 valence electrons. The van der Waals surface area contributed by atoms with Gasteiger partial charge < -0.3 is 0 Å². The van der Waals surface area contributed by atoms with E-state index in [0.29, 0.717) is 5.56 Å². The molecule has 0 fully saturated rings. The molecule has 0 saturated heterocycles. The predicted octanol–water partition coefficient (Wildman–Crippen LogP) is 2.57. The molecule has 2 rings (SSSR count). The number of carbonyl (C=O) groups excluding carboxylic acids is 1. The smallest absolute Gasteiger partial charge is 0.267 e. The van der Waals surface area contributed by atoms with E-state index in [1.54, 1.807) is 42.5 Å². The number of hydrogen-bond donors (Lipinski definition) is 1. The van der Waals surface area contributed by atoms with Crippen LogP contribution in [-0.2, 0) is 0 Å². The summed E-state index contributed by atoms with van der Waals surface area (Å²) in [5, 5.41) is 3.92. The third kappa shape index (κ3) is 3.93. The summed E-state index contributed by atoms with van der Waals surface area (Å²) in [6.07, 6.45) is 6.78. The minimum Gasteiger partial charge on any atom is -0.267 e. The van der Waals surface area contributed by atoms with Crippen LogP contribution in [0.5, 0.6) is 0 Å². The van der Waals surface area contributed by atoms with Crippen LogP contribution in [0, 0.1) is 0 Å². The van der Waals surface area contributed by atoms with Crippen molar-refractivity contribution in [3.63, 3.8) is 0 Å². The van der Waals surface area contributed by atoms with Crippen LogP contribution in [0.4, 0.5) is 0 Å². The van der Waals surface area contributed by atoms with Crippen LogP contribution in [0.2, 0.25) is 0 Å². The standard InChI is InChI=1S/C14H13N3OS/c1-19-13-4-2-11(3-5-13)10-16-17-14(18)12-6-8-15-9-7-12/h2-10H,1H3,(H,17,18)/b16-10-. The van der Waals surface area contributed by atoms with E-state index >= 15 is 0 Å². The summed E-state index contributed by atoms with van der Waals surface area (Å²) in [5.74, 6) is -0.251. The summed E-state index contributed by atoms with van der Waals surface area (Å²) in [7, 11) is 0. The van der Waals surface area contributed by atoms with Crippen LogP contribution in [0.15, 0.2) is 58.8 Å². The maximum absolute atomic E-state index is 11.7. The quantitative estimate of drug-likeness (QED) is 0.528. The highest BCUT2D eigenvalue weighted by atomic mass is 32.2. The largest absolute Gasteiger partial charge is 0.271 e. The summed E-state index contributed by atoms with van der Waals surface area (Å²) in [6.45, 7) is 0. The molecule has 1 heterocycles. The van der Waals surface area contributed by atoms with E-state index < -0.39 is 0 Å². The first-order valence-corrected chi connectivity index (χ1v) is 6.89. The molecular weight excluding hydrogens is 258 g/mol. The highest BCUT2D eigenvalue weighted by Gasteiger charge is 2.01. The number of benzene rings is 1. The molecule has 1 amide bonds. The van der Waals surface area contributed by atoms with Gasteiger partial charge in [0.1, 0.15) is 0 Å². The zero-order valence-electron chi connectivity index (χ0n) is 10.4. The maximum atomic E-state index is 11.7. The molecule has 5 heteroatoms. The number of pyridine rings is 1. The predicted molar refractivity (Wildman–Crippen MR) is 77.5 cm³/mol. The monoisotopic (exact) mass is 271 g/mol. The Kier molecular flexibility index (Phi) is 4.69. The number of hydrazone groups is 1. The van der Waals surface area contributed by atoms with E-state index in [0.717, 1.165) is 5.56 Å². The Labute approximate surface area is 116 Å². The second kappa shape index (κ2) is 6.70. The highest BCUT2D eigenvalue weighted by molar-refractivity contribution is 7.98. The van der Waals surface area contributed by atoms with Crippen LogP contribution in [0.25, 0.3) is 0 Å². The van der Waals surface area contributed by atoms with Crippen molar-refractivity contribution in [1.82, 2.24) is 10.4 Å². The van der Waals surface area contributed by atoms with Crippen LogP contribution in [-0.4, -0.2) is 23.4 Å². The lowest BCUT2D eigenvalue weighted by molar-refractivity contribution is 0.0955. The molecule has 0 aliphatic rings. The van der Waals surface area contributed by atoms with Crippen molar-refractivity contribution < 1.29 is 4.79 Å². The first-order chi connectivity index (χ1) is 9.29. The number of amides is 1. The SMILES string of the molecule is CSc1ccc(/C=N\NC(=O)c2ccncc2)cc1. The lowest BCUT2D eigenvalue weighted by Crippen LogP contribution is -2.17. The van der Waals surface area contributed by atoms with Gasteiger partial charge in [0.15, 0.2) is 0 Å². The Morgan fingerprint density at radius 2 is 1.89 bits per heavy atom. The van der Waals surface area contributed by atoms with Gasteiger partial charge in [-0.2, -0.15) is 5.10 Å². The third-order valence-electron chi connectivity index (χ3n) is 2.44. The summed E-state index contributed by atoms with van der Waals surface area (Å²) < 4.78 is 0. The van der Waals surface area contributed by atoms with Gasteiger partial charge >= 0.3 is 0 Å². The number of aromatic nitrogens is 1. The van der Waals surface area contributed by atoms with Gasteiger partial charge in [0.25, 0.3) is 5.91 Å². The molecule has 0 atom stereocenters. The van der Waals surface area contributed by atoms with Crippen molar-refractivity contribution in [3.8, 4) is 0 Å². The Morgan fingerprint density at radius 1 is 1.21 bits per heavy atom. The Bertz CT molecular complexity index is 567. The molecule has 1 N–H and O–H groups in total. The molecule has 0 bridgehead atoms. The summed E-state index contributed by atoms with van der Waals surface area (Å²) in [5.41, 5.74) is 3.94. The topological polar surface area (TPSA) is 54.4 Å². The molecule has 0 unspecified atom stereocenters. The molecule has 0 saturated carbocycles. The van der Waals surface area contributed by atoms with E-state index in [2.05, 4.69) is 15.5 Å². The van der Waals surface area contributed by atoms with E-state index in [1.165, 1.54) is 4.90 Å². The second-order valence-electron chi connectivity index (χ2n) is 3.71. The number of nitrogens with zero attached hydrogens (tertiary/aromatic N) is 2. The van der Waals surface area contributed by atoms with Crippen molar-refractivity contribution in [2.45, 2.75) is 4.90 Å². The Balaban J connectivity index is 1.94. The molecular formula is C14H13N3OS. The van der Waals surface area contributed by atoms with Gasteiger partial charge in [0, 0.05) is 22.9 Å². The van der Waals surface area contributed by atoms with Crippen molar-refractivity contribution in [1.29, 1.82) is 0 Å². The van der Waals surface area contributed by atoms with Gasteiger partial charge in [-0.05, 0) is 36.1 Å². The van der Waals surface area contributed by atoms with Gasteiger partial charge in [0.2, 0.25) is 0 Å². The van der Waals surface area contributed by atoms with Gasteiger partial charge in [0.05, 0.1) is 6.21 Å². The first-order valence-electron chi connectivity index (χ1n) is 5.67. The lowest BCUT2D eigenvalue weighted by atomic mass is 10.2. The summed E-state index contributed by atoms with van der Waals surface area (Å²) in [6, 6.07) is 11.2. The molecule has 0 spiro atoms. The van der Waals surface area contributed by atoms with Gasteiger partial charge in [-0.25, -0.2) is 5.43 Å². The van der Waals surface area contributed by atoms with Gasteiger partial charge in [-0.1, -0.05) is 12.1 Å². The Morgan fingerprint density at radius 3 is 2.53 bits per heavy atom. The molecule has 2 aromatic rings. The summed E-state index contributed by atoms with van der Waals surface area (Å²) >= 11 is 1.68. The zero-order valence-corrected chi connectivity index (χ0v) is 11.2. The normalized spacial score (nSPS) is 10.6. The van der Waals surface area contributed by atoms with Crippen molar-refractivity contribution in [3.05, 3.63) is 59.9 Å². The molecule has 0 aliphatic carbocycles. The molecule has 1 aromatic heterocycles. The third-order valence-corrected chi connectivity index (χ3v) is 3.18. The number of nitrogens with one attached hydrogen (secondary N) is 1. The number of carbonyl (C=O) groups is 1. The van der Waals surface area contributed by atoms with Crippen molar-refractivity contribution in [2.24, 2.45) is 5.10 Å². The molecule has 4 nitrogen and oxygen atoms in total. The number of thioether (sulfide) groups is 1. The van der Waals surface area contributed by atoms with Crippen LogP contribution >= 0.6 is 11.8 Å². The fourth-order valence-corrected chi connectivity index (χ4v) is 1.83.